The molecular weight excluding hydrogens is 258 g/mol. The maximum atomic E-state index is 11.7. The maximum Gasteiger partial charge on any atom is 0.322 e. The fourth-order valence-corrected chi connectivity index (χ4v) is 2.48. The topological polar surface area (TPSA) is 92.7 Å². The predicted octanol–water partition coefficient (Wildman–Crippen LogP) is 0.830. The van der Waals surface area contributed by atoms with Gasteiger partial charge in [0.1, 0.15) is 6.04 Å². The molecule has 6 nitrogen and oxygen atoms in total. The molecule has 2 N–H and O–H groups in total. The van der Waals surface area contributed by atoms with Crippen LogP contribution >= 0.6 is 0 Å². The monoisotopic (exact) mass is 281 g/mol. The number of carboxylic acid groups (broad SMARTS) is 1. The van der Waals surface area contributed by atoms with E-state index in [0.29, 0.717) is 0 Å². The van der Waals surface area contributed by atoms with Gasteiger partial charge in [-0.1, -0.05) is 20.8 Å². The molecule has 0 aliphatic heterocycles. The molecule has 0 rings (SSSR count). The smallest absolute Gasteiger partial charge is 0.322 e. The molecule has 0 heterocycles. The Bertz CT molecular complexity index is 369. The zero-order valence-corrected chi connectivity index (χ0v) is 12.4. The molecule has 1 atom stereocenters. The average molecular weight is 281 g/mol. The van der Waals surface area contributed by atoms with E-state index in [2.05, 4.69) is 4.72 Å². The number of rotatable bonds is 7. The Morgan fingerprint density at radius 3 is 2.17 bits per heavy atom. The lowest BCUT2D eigenvalue weighted by Gasteiger charge is -2.27. The normalized spacial score (nSPS) is 14.8. The second-order valence-electron chi connectivity index (χ2n) is 5.49. The maximum absolute atomic E-state index is 11.7. The fourth-order valence-electron chi connectivity index (χ4n) is 1.23. The van der Waals surface area contributed by atoms with Gasteiger partial charge < -0.3 is 9.84 Å². The van der Waals surface area contributed by atoms with Gasteiger partial charge in [-0.05, 0) is 19.3 Å². The summed E-state index contributed by atoms with van der Waals surface area (Å²) in [5, 5.41) is 9.03. The van der Waals surface area contributed by atoms with E-state index >= 15 is 0 Å². The molecule has 0 amide bonds. The van der Waals surface area contributed by atoms with E-state index in [1.165, 1.54) is 0 Å². The predicted molar refractivity (Wildman–Crippen MR) is 68.9 cm³/mol. The van der Waals surface area contributed by atoms with Crippen LogP contribution in [0.15, 0.2) is 0 Å². The highest BCUT2D eigenvalue weighted by atomic mass is 32.2. The van der Waals surface area contributed by atoms with E-state index in [1.807, 2.05) is 0 Å². The highest BCUT2D eigenvalue weighted by Gasteiger charge is 2.34. The van der Waals surface area contributed by atoms with Crippen LogP contribution in [0.2, 0.25) is 0 Å². The van der Waals surface area contributed by atoms with E-state index in [1.54, 1.807) is 34.6 Å². The van der Waals surface area contributed by atoms with Crippen LogP contribution in [-0.4, -0.2) is 44.0 Å². The molecule has 18 heavy (non-hydrogen) atoms. The van der Waals surface area contributed by atoms with Crippen LogP contribution < -0.4 is 4.72 Å². The van der Waals surface area contributed by atoms with Gasteiger partial charge in [0.2, 0.25) is 10.0 Å². The first-order valence-electron chi connectivity index (χ1n) is 5.80. The molecule has 0 radical (unpaired) electrons. The summed E-state index contributed by atoms with van der Waals surface area (Å²) >= 11 is 0. The van der Waals surface area contributed by atoms with Gasteiger partial charge in [0.15, 0.2) is 0 Å². The van der Waals surface area contributed by atoms with E-state index in [4.69, 9.17) is 9.84 Å². The average Bonchev–Trinajstić information content (AvgIpc) is 2.11. The van der Waals surface area contributed by atoms with Crippen LogP contribution in [0.4, 0.5) is 0 Å². The van der Waals surface area contributed by atoms with Crippen molar-refractivity contribution in [2.24, 2.45) is 5.41 Å². The van der Waals surface area contributed by atoms with Crippen molar-refractivity contribution in [1.29, 1.82) is 0 Å². The summed E-state index contributed by atoms with van der Waals surface area (Å²) in [6, 6.07) is -1.15. The Kier molecular flexibility index (Phi) is 6.25. The van der Waals surface area contributed by atoms with Crippen molar-refractivity contribution in [3.63, 3.8) is 0 Å². The molecule has 0 aromatic rings. The van der Waals surface area contributed by atoms with Gasteiger partial charge in [0.25, 0.3) is 0 Å². The molecule has 7 heteroatoms. The number of carbonyl (C=O) groups is 1. The molecule has 0 aliphatic carbocycles. The van der Waals surface area contributed by atoms with Gasteiger partial charge in [0.05, 0.1) is 18.5 Å². The van der Waals surface area contributed by atoms with Crippen LogP contribution in [0, 0.1) is 5.41 Å². The lowest BCUT2D eigenvalue weighted by atomic mass is 9.88. The van der Waals surface area contributed by atoms with Crippen LogP contribution in [0.25, 0.3) is 0 Å². The fraction of sp³-hybridized carbons (Fsp3) is 0.909. The summed E-state index contributed by atoms with van der Waals surface area (Å²) in [7, 11) is -3.66. The van der Waals surface area contributed by atoms with Crippen LogP contribution in [-0.2, 0) is 19.6 Å². The third-order valence-corrected chi connectivity index (χ3v) is 3.51. The molecule has 0 aliphatic rings. The van der Waals surface area contributed by atoms with Crippen LogP contribution in [0.3, 0.4) is 0 Å². The second-order valence-corrected chi connectivity index (χ2v) is 7.37. The SMILES string of the molecule is CC(C)OCCS(=O)(=O)N[C@@H](C(=O)O)C(C)(C)C. The zero-order valence-electron chi connectivity index (χ0n) is 11.6. The third-order valence-electron chi connectivity index (χ3n) is 2.21. The number of carboxylic acids is 1. The number of sulfonamides is 1. The Balaban J connectivity index is 4.59. The van der Waals surface area contributed by atoms with Gasteiger partial charge in [-0.2, -0.15) is 0 Å². The summed E-state index contributed by atoms with van der Waals surface area (Å²) in [5.41, 5.74) is -0.697. The van der Waals surface area contributed by atoms with Gasteiger partial charge >= 0.3 is 5.97 Å². The van der Waals surface area contributed by atoms with Gasteiger partial charge in [-0.15, -0.1) is 0 Å². The second kappa shape index (κ2) is 6.49. The standard InChI is InChI=1S/C11H23NO5S/c1-8(2)17-6-7-18(15,16)12-9(10(13)14)11(3,4)5/h8-9,12H,6-7H2,1-5H3,(H,13,14)/t9-/m0/s1. The van der Waals surface area contributed by atoms with Crippen molar-refractivity contribution in [3.05, 3.63) is 0 Å². The first-order valence-corrected chi connectivity index (χ1v) is 7.45. The Hall–Kier alpha value is -0.660. The molecule has 0 saturated carbocycles. The van der Waals surface area contributed by atoms with Crippen molar-refractivity contribution < 1.29 is 23.1 Å². The van der Waals surface area contributed by atoms with Crippen LogP contribution in [0.5, 0.6) is 0 Å². The Morgan fingerprint density at radius 2 is 1.83 bits per heavy atom. The van der Waals surface area contributed by atoms with Gasteiger partial charge in [-0.3, -0.25) is 4.79 Å². The summed E-state index contributed by atoms with van der Waals surface area (Å²) in [5.74, 6) is -1.43. The van der Waals surface area contributed by atoms with Crippen molar-refractivity contribution in [2.45, 2.75) is 46.8 Å². The third kappa shape index (κ3) is 6.93. The lowest BCUT2D eigenvalue weighted by Crippen LogP contribution is -2.50. The first-order chi connectivity index (χ1) is 7.96. The largest absolute Gasteiger partial charge is 0.480 e. The minimum atomic E-state index is -3.66. The quantitative estimate of drug-likeness (QED) is 0.721. The van der Waals surface area contributed by atoms with Gasteiger partial charge in [-0.25, -0.2) is 13.1 Å². The Morgan fingerprint density at radius 1 is 1.33 bits per heavy atom. The number of hydrogen-bond donors (Lipinski definition) is 2. The van der Waals surface area contributed by atoms with Crippen molar-refractivity contribution in [3.8, 4) is 0 Å². The molecule has 0 aromatic carbocycles. The summed E-state index contributed by atoms with van der Waals surface area (Å²) < 4.78 is 30.8. The van der Waals surface area contributed by atoms with E-state index < -0.39 is 27.4 Å². The molecule has 0 unspecified atom stereocenters. The summed E-state index contributed by atoms with van der Waals surface area (Å²) in [6.07, 6.45) is -0.0573. The van der Waals surface area contributed by atoms with Crippen molar-refractivity contribution in [1.82, 2.24) is 4.72 Å². The molecule has 0 bridgehead atoms. The minimum Gasteiger partial charge on any atom is -0.480 e. The number of ether oxygens (including phenoxy) is 1. The van der Waals surface area contributed by atoms with E-state index in [-0.39, 0.29) is 18.5 Å². The first kappa shape index (κ1) is 17.3. The molecule has 0 spiro atoms. The van der Waals surface area contributed by atoms with Crippen molar-refractivity contribution in [2.75, 3.05) is 12.4 Å². The Labute approximate surface area is 109 Å². The lowest BCUT2D eigenvalue weighted by molar-refractivity contribution is -0.141. The molecule has 0 saturated heterocycles. The van der Waals surface area contributed by atoms with E-state index in [0.717, 1.165) is 0 Å². The molecule has 0 aromatic heterocycles. The number of aliphatic carboxylic acids is 1. The van der Waals surface area contributed by atoms with E-state index in [9.17, 15) is 13.2 Å². The molecule has 0 fully saturated rings. The van der Waals surface area contributed by atoms with Crippen molar-refractivity contribution >= 4 is 16.0 Å². The van der Waals surface area contributed by atoms with Crippen LogP contribution in [0.1, 0.15) is 34.6 Å². The minimum absolute atomic E-state index is 0.0451. The summed E-state index contributed by atoms with van der Waals surface area (Å²) in [4.78, 5) is 11.0. The number of nitrogens with one attached hydrogen (secondary N) is 1. The zero-order chi connectivity index (χ0) is 14.6. The molecule has 108 valence electrons. The number of hydrogen-bond acceptors (Lipinski definition) is 4. The highest BCUT2D eigenvalue weighted by molar-refractivity contribution is 7.89. The summed E-state index contributed by atoms with van der Waals surface area (Å²) in [6.45, 7) is 8.64. The molecular formula is C11H23NO5S. The van der Waals surface area contributed by atoms with Gasteiger partial charge in [0, 0.05) is 0 Å². The highest BCUT2D eigenvalue weighted by Crippen LogP contribution is 2.20.